The number of aliphatic hydroxyl groups excluding tert-OH is 2. The van der Waals surface area contributed by atoms with Crippen molar-refractivity contribution in [3.05, 3.63) is 58.9 Å². The van der Waals surface area contributed by atoms with Crippen LogP contribution >= 0.6 is 0 Å². The van der Waals surface area contributed by atoms with E-state index in [9.17, 15) is 14.6 Å². The van der Waals surface area contributed by atoms with Gasteiger partial charge in [0.05, 0.1) is 30.6 Å². The standard InChI is InChI=1S/C21H24FNO4/c22-18-3-2-14(21-11-16(25)10-17(12-24)27-21)9-15(18)7-13-1-4-20-19(8-13)23-5-6-26-20/h1-4,8-9,16-17,21,23-25H,5-7,10-12H2. The summed E-state index contributed by atoms with van der Waals surface area (Å²) < 4.78 is 25.8. The Kier molecular flexibility index (Phi) is 5.29. The van der Waals surface area contributed by atoms with Crippen LogP contribution in [0, 0.1) is 5.82 Å². The minimum atomic E-state index is -0.527. The second-order valence-electron chi connectivity index (χ2n) is 7.19. The van der Waals surface area contributed by atoms with Crippen LogP contribution in [0.25, 0.3) is 0 Å². The van der Waals surface area contributed by atoms with Crippen molar-refractivity contribution >= 4 is 5.69 Å². The largest absolute Gasteiger partial charge is 0.490 e. The Balaban J connectivity index is 1.56. The molecule has 2 aliphatic rings. The summed E-state index contributed by atoms with van der Waals surface area (Å²) in [5.41, 5.74) is 3.32. The fourth-order valence-electron chi connectivity index (χ4n) is 3.77. The number of benzene rings is 2. The molecular formula is C21H24FNO4. The van der Waals surface area contributed by atoms with Gasteiger partial charge in [0.1, 0.15) is 18.2 Å². The zero-order valence-electron chi connectivity index (χ0n) is 15.0. The Morgan fingerprint density at radius 3 is 2.89 bits per heavy atom. The van der Waals surface area contributed by atoms with Crippen molar-refractivity contribution in [3.8, 4) is 5.75 Å². The summed E-state index contributed by atoms with van der Waals surface area (Å²) in [7, 11) is 0. The maximum Gasteiger partial charge on any atom is 0.142 e. The fraction of sp³-hybridized carbons (Fsp3) is 0.429. The topological polar surface area (TPSA) is 71.0 Å². The number of rotatable bonds is 4. The van der Waals surface area contributed by atoms with Gasteiger partial charge in [0, 0.05) is 25.8 Å². The van der Waals surface area contributed by atoms with E-state index in [0.717, 1.165) is 29.1 Å². The van der Waals surface area contributed by atoms with Crippen molar-refractivity contribution < 1.29 is 24.1 Å². The van der Waals surface area contributed by atoms with E-state index < -0.39 is 6.10 Å². The molecule has 0 bridgehead atoms. The molecule has 0 amide bonds. The first kappa shape index (κ1) is 18.2. The van der Waals surface area contributed by atoms with Gasteiger partial charge < -0.3 is 25.0 Å². The fourth-order valence-corrected chi connectivity index (χ4v) is 3.77. The molecule has 0 radical (unpaired) electrons. The Morgan fingerprint density at radius 2 is 2.04 bits per heavy atom. The van der Waals surface area contributed by atoms with Crippen LogP contribution in [0.2, 0.25) is 0 Å². The maximum atomic E-state index is 14.4. The number of anilines is 1. The minimum Gasteiger partial charge on any atom is -0.490 e. The normalized spacial score (nSPS) is 24.6. The molecule has 3 atom stereocenters. The number of hydrogen-bond acceptors (Lipinski definition) is 5. The molecule has 2 aromatic rings. The van der Waals surface area contributed by atoms with Crippen LogP contribution < -0.4 is 10.1 Å². The Bertz CT molecular complexity index is 813. The number of ether oxygens (including phenoxy) is 2. The lowest BCUT2D eigenvalue weighted by molar-refractivity contribution is -0.113. The Hall–Kier alpha value is -2.15. The third-order valence-electron chi connectivity index (χ3n) is 5.14. The average molecular weight is 373 g/mol. The predicted octanol–water partition coefficient (Wildman–Crippen LogP) is 2.79. The molecule has 5 nitrogen and oxygen atoms in total. The molecule has 3 N–H and O–H groups in total. The van der Waals surface area contributed by atoms with Crippen LogP contribution in [0.15, 0.2) is 36.4 Å². The lowest BCUT2D eigenvalue weighted by Gasteiger charge is -2.32. The summed E-state index contributed by atoms with van der Waals surface area (Å²) in [4.78, 5) is 0. The smallest absolute Gasteiger partial charge is 0.142 e. The Morgan fingerprint density at radius 1 is 1.15 bits per heavy atom. The SMILES string of the molecule is OCC1CC(O)CC(c2ccc(F)c(Cc3ccc4c(c3)NCCO4)c2)O1. The first-order chi connectivity index (χ1) is 13.1. The van der Waals surface area contributed by atoms with Gasteiger partial charge in [-0.3, -0.25) is 0 Å². The van der Waals surface area contributed by atoms with Gasteiger partial charge >= 0.3 is 0 Å². The minimum absolute atomic E-state index is 0.133. The van der Waals surface area contributed by atoms with E-state index in [2.05, 4.69) is 5.32 Å². The van der Waals surface area contributed by atoms with Crippen molar-refractivity contribution in [2.75, 3.05) is 25.1 Å². The molecule has 2 aliphatic heterocycles. The van der Waals surface area contributed by atoms with Crippen LogP contribution in [-0.2, 0) is 11.2 Å². The van der Waals surface area contributed by atoms with E-state index in [1.165, 1.54) is 6.07 Å². The van der Waals surface area contributed by atoms with Crippen LogP contribution in [0.4, 0.5) is 10.1 Å². The van der Waals surface area contributed by atoms with Gasteiger partial charge in [0.2, 0.25) is 0 Å². The molecule has 3 unspecified atom stereocenters. The number of fused-ring (bicyclic) bond motifs is 1. The van der Waals surface area contributed by atoms with E-state index in [1.54, 1.807) is 12.1 Å². The molecule has 0 aliphatic carbocycles. The molecule has 2 aromatic carbocycles. The second kappa shape index (κ2) is 7.84. The summed E-state index contributed by atoms with van der Waals surface area (Å²) in [6.45, 7) is 1.27. The number of hydrogen-bond donors (Lipinski definition) is 3. The lowest BCUT2D eigenvalue weighted by atomic mass is 9.93. The molecule has 4 rings (SSSR count). The quantitative estimate of drug-likeness (QED) is 0.769. The molecule has 6 heteroatoms. The van der Waals surface area contributed by atoms with Crippen LogP contribution in [0.5, 0.6) is 5.75 Å². The molecular weight excluding hydrogens is 349 g/mol. The maximum absolute atomic E-state index is 14.4. The third-order valence-corrected chi connectivity index (χ3v) is 5.14. The molecule has 144 valence electrons. The zero-order chi connectivity index (χ0) is 18.8. The lowest BCUT2D eigenvalue weighted by Crippen LogP contribution is -2.33. The molecule has 1 fully saturated rings. The van der Waals surface area contributed by atoms with E-state index in [1.807, 2.05) is 18.2 Å². The van der Waals surface area contributed by atoms with Crippen LogP contribution in [0.3, 0.4) is 0 Å². The van der Waals surface area contributed by atoms with E-state index in [0.29, 0.717) is 31.4 Å². The highest BCUT2D eigenvalue weighted by Crippen LogP contribution is 2.33. The van der Waals surface area contributed by atoms with Gasteiger partial charge in [-0.2, -0.15) is 0 Å². The molecule has 0 spiro atoms. The number of nitrogens with one attached hydrogen (secondary N) is 1. The summed E-state index contributed by atoms with van der Waals surface area (Å²) in [6, 6.07) is 10.8. The van der Waals surface area contributed by atoms with Crippen molar-refractivity contribution in [3.63, 3.8) is 0 Å². The molecule has 27 heavy (non-hydrogen) atoms. The summed E-state index contributed by atoms with van der Waals surface area (Å²) >= 11 is 0. The monoisotopic (exact) mass is 373 g/mol. The van der Waals surface area contributed by atoms with E-state index in [-0.39, 0.29) is 24.6 Å². The number of halogens is 1. The van der Waals surface area contributed by atoms with E-state index in [4.69, 9.17) is 9.47 Å². The molecule has 1 saturated heterocycles. The van der Waals surface area contributed by atoms with Gasteiger partial charge in [-0.05, 0) is 41.0 Å². The van der Waals surface area contributed by atoms with Crippen molar-refractivity contribution in [1.29, 1.82) is 0 Å². The van der Waals surface area contributed by atoms with Crippen molar-refractivity contribution in [1.82, 2.24) is 0 Å². The van der Waals surface area contributed by atoms with Gasteiger partial charge in [0.15, 0.2) is 0 Å². The summed E-state index contributed by atoms with van der Waals surface area (Å²) in [5.74, 6) is 0.551. The highest BCUT2D eigenvalue weighted by atomic mass is 19.1. The highest BCUT2D eigenvalue weighted by Gasteiger charge is 2.29. The first-order valence-electron chi connectivity index (χ1n) is 9.34. The van der Waals surface area contributed by atoms with Gasteiger partial charge in [-0.1, -0.05) is 12.1 Å². The molecule has 0 aromatic heterocycles. The molecule has 2 heterocycles. The highest BCUT2D eigenvalue weighted by molar-refractivity contribution is 5.59. The van der Waals surface area contributed by atoms with Crippen molar-refractivity contribution in [2.24, 2.45) is 0 Å². The van der Waals surface area contributed by atoms with Gasteiger partial charge in [-0.25, -0.2) is 4.39 Å². The van der Waals surface area contributed by atoms with E-state index >= 15 is 0 Å². The predicted molar refractivity (Wildman–Crippen MR) is 99.6 cm³/mol. The van der Waals surface area contributed by atoms with Crippen LogP contribution in [0.1, 0.15) is 35.6 Å². The van der Waals surface area contributed by atoms with Crippen molar-refractivity contribution in [2.45, 2.75) is 37.6 Å². The third kappa shape index (κ3) is 4.08. The first-order valence-corrected chi connectivity index (χ1v) is 9.34. The average Bonchev–Trinajstić information content (AvgIpc) is 2.69. The number of aliphatic hydroxyl groups is 2. The van der Waals surface area contributed by atoms with Gasteiger partial charge in [-0.15, -0.1) is 0 Å². The second-order valence-corrected chi connectivity index (χ2v) is 7.19. The van der Waals surface area contributed by atoms with Gasteiger partial charge in [0.25, 0.3) is 0 Å². The Labute approximate surface area is 157 Å². The molecule has 0 saturated carbocycles. The zero-order valence-corrected chi connectivity index (χ0v) is 15.0. The van der Waals surface area contributed by atoms with Crippen LogP contribution in [-0.4, -0.2) is 42.2 Å². The summed E-state index contributed by atoms with van der Waals surface area (Å²) in [6.07, 6.45) is 0.0595. The summed E-state index contributed by atoms with van der Waals surface area (Å²) in [5, 5.41) is 22.7.